The Balaban J connectivity index is 1.72. The van der Waals surface area contributed by atoms with Crippen LogP contribution < -0.4 is 21.0 Å². The molecule has 3 heterocycles. The minimum atomic E-state index is -0.567. The lowest BCUT2D eigenvalue weighted by Crippen LogP contribution is -2.44. The van der Waals surface area contributed by atoms with Gasteiger partial charge in [-0.2, -0.15) is 0 Å². The van der Waals surface area contributed by atoms with Crippen molar-refractivity contribution in [2.45, 2.75) is 26.4 Å². The number of likely N-dealkylation sites (N-methyl/N-ethyl adjacent to an activating group) is 1. The van der Waals surface area contributed by atoms with Gasteiger partial charge in [0.25, 0.3) is 5.56 Å². The van der Waals surface area contributed by atoms with E-state index in [0.717, 1.165) is 31.7 Å². The van der Waals surface area contributed by atoms with E-state index in [1.807, 2.05) is 32.9 Å². The van der Waals surface area contributed by atoms with Crippen LogP contribution >= 0.6 is 0 Å². The number of fused-ring (bicyclic) bond motifs is 1. The van der Waals surface area contributed by atoms with Gasteiger partial charge < -0.3 is 20.4 Å². The molecule has 2 aromatic heterocycles. The Kier molecular flexibility index (Phi) is 5.11. The van der Waals surface area contributed by atoms with Gasteiger partial charge in [0.2, 0.25) is 0 Å². The average Bonchev–Trinajstić information content (AvgIpc) is 2.70. The minimum absolute atomic E-state index is 0.299. The van der Waals surface area contributed by atoms with E-state index in [-0.39, 0.29) is 5.56 Å². The number of anilines is 2. The van der Waals surface area contributed by atoms with Crippen LogP contribution in [0.3, 0.4) is 0 Å². The molecule has 1 saturated heterocycles. The average molecular weight is 409 g/mol. The summed E-state index contributed by atoms with van der Waals surface area (Å²) < 4.78 is 1.20. The number of piperazine rings is 1. The fourth-order valence-corrected chi connectivity index (χ4v) is 3.49. The Morgan fingerprint density at radius 2 is 1.63 bits per heavy atom. The van der Waals surface area contributed by atoms with Crippen molar-refractivity contribution in [1.82, 2.24) is 19.6 Å². The van der Waals surface area contributed by atoms with E-state index in [0.29, 0.717) is 22.7 Å². The van der Waals surface area contributed by atoms with Crippen LogP contribution in [-0.2, 0) is 0 Å². The SMILES string of the molecule is CN1CCN(c2ccc(-c3nc(N)c4ccc(=O)n(OC(C)(C)C)c4n3)cc2)CC1. The summed E-state index contributed by atoms with van der Waals surface area (Å²) in [7, 11) is 2.14. The zero-order valence-electron chi connectivity index (χ0n) is 17.9. The largest absolute Gasteiger partial charge is 0.403 e. The molecule has 0 amide bonds. The molecule has 0 saturated carbocycles. The summed E-state index contributed by atoms with van der Waals surface area (Å²) in [6.07, 6.45) is 0. The molecule has 2 N–H and O–H groups in total. The quantitative estimate of drug-likeness (QED) is 0.709. The van der Waals surface area contributed by atoms with Crippen molar-refractivity contribution in [3.05, 3.63) is 46.8 Å². The molecule has 0 unspecified atom stereocenters. The van der Waals surface area contributed by atoms with Crippen LogP contribution in [0.2, 0.25) is 0 Å². The summed E-state index contributed by atoms with van der Waals surface area (Å²) in [5.74, 6) is 0.770. The molecule has 158 valence electrons. The number of nitrogens with two attached hydrogens (primary N) is 1. The Hall–Kier alpha value is -3.13. The van der Waals surface area contributed by atoms with Gasteiger partial charge >= 0.3 is 0 Å². The van der Waals surface area contributed by atoms with E-state index < -0.39 is 5.60 Å². The van der Waals surface area contributed by atoms with Crippen molar-refractivity contribution in [3.63, 3.8) is 0 Å². The maximum atomic E-state index is 12.4. The van der Waals surface area contributed by atoms with Crippen LogP contribution in [-0.4, -0.2) is 58.4 Å². The van der Waals surface area contributed by atoms with Gasteiger partial charge in [-0.25, -0.2) is 9.97 Å². The molecule has 0 atom stereocenters. The predicted octanol–water partition coefficient (Wildman–Crippen LogP) is 2.02. The van der Waals surface area contributed by atoms with Gasteiger partial charge in [-0.3, -0.25) is 4.79 Å². The summed E-state index contributed by atoms with van der Waals surface area (Å²) in [4.78, 5) is 32.1. The molecule has 1 aliphatic rings. The van der Waals surface area contributed by atoms with Crippen molar-refractivity contribution in [1.29, 1.82) is 0 Å². The zero-order valence-corrected chi connectivity index (χ0v) is 17.9. The second-order valence-electron chi connectivity index (χ2n) is 8.68. The van der Waals surface area contributed by atoms with Crippen molar-refractivity contribution >= 4 is 22.5 Å². The minimum Gasteiger partial charge on any atom is -0.403 e. The van der Waals surface area contributed by atoms with Gasteiger partial charge in [-0.1, -0.05) is 0 Å². The summed E-state index contributed by atoms with van der Waals surface area (Å²) in [6, 6.07) is 11.2. The monoisotopic (exact) mass is 408 g/mol. The summed E-state index contributed by atoms with van der Waals surface area (Å²) in [6.45, 7) is 9.74. The highest BCUT2D eigenvalue weighted by atomic mass is 16.7. The molecule has 3 aromatic rings. The predicted molar refractivity (Wildman–Crippen MR) is 120 cm³/mol. The van der Waals surface area contributed by atoms with Gasteiger partial charge in [0, 0.05) is 43.5 Å². The lowest BCUT2D eigenvalue weighted by Gasteiger charge is -2.34. The Labute approximate surface area is 175 Å². The number of hydrogen-bond acceptors (Lipinski definition) is 7. The zero-order chi connectivity index (χ0) is 21.5. The molecule has 0 bridgehead atoms. The maximum Gasteiger partial charge on any atom is 0.285 e. The van der Waals surface area contributed by atoms with E-state index in [1.54, 1.807) is 6.07 Å². The third kappa shape index (κ3) is 4.09. The van der Waals surface area contributed by atoms with Gasteiger partial charge in [0.05, 0.1) is 5.39 Å². The molecule has 8 nitrogen and oxygen atoms in total. The summed E-state index contributed by atoms with van der Waals surface area (Å²) in [5, 5.41) is 0.580. The molecule has 1 aliphatic heterocycles. The lowest BCUT2D eigenvalue weighted by atomic mass is 10.1. The topological polar surface area (TPSA) is 89.5 Å². The maximum absolute atomic E-state index is 12.4. The molecule has 8 heteroatoms. The summed E-state index contributed by atoms with van der Waals surface area (Å²) in [5.41, 5.74) is 7.71. The van der Waals surface area contributed by atoms with Crippen molar-refractivity contribution in [3.8, 4) is 11.4 Å². The Bertz CT molecular complexity index is 1110. The summed E-state index contributed by atoms with van der Waals surface area (Å²) >= 11 is 0. The Morgan fingerprint density at radius 1 is 0.967 bits per heavy atom. The fraction of sp³-hybridized carbons (Fsp3) is 0.409. The van der Waals surface area contributed by atoms with Crippen molar-refractivity contribution < 1.29 is 4.84 Å². The van der Waals surface area contributed by atoms with E-state index in [4.69, 9.17) is 10.6 Å². The highest BCUT2D eigenvalue weighted by Gasteiger charge is 2.19. The number of nitrogen functional groups attached to an aromatic ring is 1. The molecule has 1 fully saturated rings. The number of aromatic nitrogens is 3. The number of hydrogen-bond donors (Lipinski definition) is 1. The molecular weight excluding hydrogens is 380 g/mol. The van der Waals surface area contributed by atoms with Crippen LogP contribution in [0.15, 0.2) is 41.2 Å². The van der Waals surface area contributed by atoms with E-state index in [2.05, 4.69) is 38.9 Å². The first-order valence-corrected chi connectivity index (χ1v) is 10.1. The third-order valence-corrected chi connectivity index (χ3v) is 5.10. The van der Waals surface area contributed by atoms with Gasteiger partial charge in [-0.05, 0) is 58.2 Å². The van der Waals surface area contributed by atoms with E-state index >= 15 is 0 Å². The van der Waals surface area contributed by atoms with Crippen LogP contribution in [0.4, 0.5) is 11.5 Å². The standard InChI is InChI=1S/C22H28N6O2/c1-22(2,3)30-28-18(29)10-9-17-19(23)24-20(25-21(17)28)15-5-7-16(8-6-15)27-13-11-26(4)12-14-27/h5-10H,11-14H2,1-4H3,(H2,23,24,25). The van der Waals surface area contributed by atoms with Crippen LogP contribution in [0.1, 0.15) is 20.8 Å². The van der Waals surface area contributed by atoms with Crippen LogP contribution in [0.25, 0.3) is 22.4 Å². The van der Waals surface area contributed by atoms with E-state index in [1.165, 1.54) is 16.5 Å². The molecule has 4 rings (SSSR count). The lowest BCUT2D eigenvalue weighted by molar-refractivity contribution is -0.0143. The second kappa shape index (κ2) is 7.60. The number of benzene rings is 1. The van der Waals surface area contributed by atoms with Crippen LogP contribution in [0.5, 0.6) is 0 Å². The molecule has 0 aliphatic carbocycles. The van der Waals surface area contributed by atoms with Crippen LogP contribution in [0, 0.1) is 0 Å². The highest BCUT2D eigenvalue weighted by Crippen LogP contribution is 2.25. The van der Waals surface area contributed by atoms with E-state index in [9.17, 15) is 4.79 Å². The number of nitrogens with zero attached hydrogens (tertiary/aromatic N) is 5. The first-order chi connectivity index (χ1) is 14.2. The fourth-order valence-electron chi connectivity index (χ4n) is 3.49. The molecular formula is C22H28N6O2. The first kappa shape index (κ1) is 20.2. The van der Waals surface area contributed by atoms with Gasteiger partial charge in [0.15, 0.2) is 11.5 Å². The first-order valence-electron chi connectivity index (χ1n) is 10.1. The van der Waals surface area contributed by atoms with Crippen molar-refractivity contribution in [2.24, 2.45) is 0 Å². The smallest absolute Gasteiger partial charge is 0.285 e. The molecule has 1 aromatic carbocycles. The molecule has 0 radical (unpaired) electrons. The van der Waals surface area contributed by atoms with Gasteiger partial charge in [-0.15, -0.1) is 4.73 Å². The second-order valence-corrected chi connectivity index (χ2v) is 8.68. The van der Waals surface area contributed by atoms with Crippen molar-refractivity contribution in [2.75, 3.05) is 43.9 Å². The normalized spacial score (nSPS) is 15.5. The Morgan fingerprint density at radius 3 is 2.27 bits per heavy atom. The molecule has 0 spiro atoms. The number of pyridine rings is 1. The third-order valence-electron chi connectivity index (χ3n) is 5.10. The van der Waals surface area contributed by atoms with Gasteiger partial charge in [0.1, 0.15) is 11.4 Å². The number of rotatable bonds is 3. The highest BCUT2D eigenvalue weighted by molar-refractivity contribution is 5.87. The molecule has 30 heavy (non-hydrogen) atoms.